The number of ketones is 1. The van der Waals surface area contributed by atoms with Crippen LogP contribution in [0.25, 0.3) is 0 Å². The Labute approximate surface area is 101 Å². The fourth-order valence-corrected chi connectivity index (χ4v) is 2.23. The van der Waals surface area contributed by atoms with Gasteiger partial charge < -0.3 is 5.73 Å². The standard InChI is InChI=1S/C9H19NO4S2/c1-15-6-5-8(10)9(11)4-2-3-7-16(12,13)14/h8H,2-7,10H2,1H3,(H,12,13,14)/t8-/m0/s1. The van der Waals surface area contributed by atoms with Crippen LogP contribution in [0.15, 0.2) is 0 Å². The molecular formula is C9H19NO4S2. The van der Waals surface area contributed by atoms with Gasteiger partial charge in [0.2, 0.25) is 0 Å². The Bertz CT molecular complexity index is 303. The molecule has 0 unspecified atom stereocenters. The predicted molar refractivity (Wildman–Crippen MR) is 66.2 cm³/mol. The Balaban J connectivity index is 3.65. The maximum Gasteiger partial charge on any atom is 0.264 e. The number of Topliss-reactive ketones (excluding diaryl/α,β-unsaturated/α-hetero) is 1. The van der Waals surface area contributed by atoms with E-state index in [0.29, 0.717) is 19.3 Å². The number of carbonyl (C=O) groups excluding carboxylic acids is 1. The molecular weight excluding hydrogens is 250 g/mol. The summed E-state index contributed by atoms with van der Waals surface area (Å²) in [6.45, 7) is 0. The first-order chi connectivity index (χ1) is 7.37. The van der Waals surface area contributed by atoms with Crippen molar-refractivity contribution in [2.24, 2.45) is 5.73 Å². The van der Waals surface area contributed by atoms with Crippen LogP contribution in [0.5, 0.6) is 0 Å². The molecule has 0 spiro atoms. The van der Waals surface area contributed by atoms with Gasteiger partial charge in [0, 0.05) is 6.42 Å². The molecule has 0 fully saturated rings. The van der Waals surface area contributed by atoms with E-state index in [2.05, 4.69) is 0 Å². The Morgan fingerprint density at radius 1 is 1.44 bits per heavy atom. The summed E-state index contributed by atoms with van der Waals surface area (Å²) < 4.78 is 29.3. The van der Waals surface area contributed by atoms with Crippen LogP contribution in [0.3, 0.4) is 0 Å². The normalized spacial score (nSPS) is 13.7. The lowest BCUT2D eigenvalue weighted by molar-refractivity contribution is -0.120. The van der Waals surface area contributed by atoms with Crippen molar-refractivity contribution in [3.63, 3.8) is 0 Å². The van der Waals surface area contributed by atoms with Gasteiger partial charge in [-0.3, -0.25) is 9.35 Å². The molecule has 0 aromatic heterocycles. The fraction of sp³-hybridized carbons (Fsp3) is 0.889. The monoisotopic (exact) mass is 269 g/mol. The fourth-order valence-electron chi connectivity index (χ4n) is 1.17. The maximum absolute atomic E-state index is 11.4. The molecule has 0 saturated heterocycles. The predicted octanol–water partition coefficient (Wildman–Crippen LogP) is 0.694. The first-order valence-corrected chi connectivity index (χ1v) is 8.09. The molecule has 96 valence electrons. The second-order valence-corrected chi connectivity index (χ2v) is 6.16. The van der Waals surface area contributed by atoms with E-state index in [1.165, 1.54) is 0 Å². The van der Waals surface area contributed by atoms with Gasteiger partial charge in [0.25, 0.3) is 10.1 Å². The van der Waals surface area contributed by atoms with E-state index in [0.717, 1.165) is 5.75 Å². The molecule has 0 radical (unpaired) electrons. The Morgan fingerprint density at radius 2 is 2.06 bits per heavy atom. The van der Waals surface area contributed by atoms with Gasteiger partial charge in [-0.05, 0) is 31.3 Å². The molecule has 0 aliphatic heterocycles. The average Bonchev–Trinajstić information content (AvgIpc) is 2.19. The average molecular weight is 269 g/mol. The highest BCUT2D eigenvalue weighted by molar-refractivity contribution is 7.98. The van der Waals surface area contributed by atoms with Gasteiger partial charge in [-0.2, -0.15) is 20.2 Å². The molecule has 0 aliphatic rings. The van der Waals surface area contributed by atoms with Gasteiger partial charge in [-0.25, -0.2) is 0 Å². The first-order valence-electron chi connectivity index (χ1n) is 5.09. The Hall–Kier alpha value is -0.110. The van der Waals surface area contributed by atoms with Crippen molar-refractivity contribution >= 4 is 27.7 Å². The third-order valence-electron chi connectivity index (χ3n) is 2.12. The topological polar surface area (TPSA) is 97.5 Å². The molecule has 0 aromatic rings. The molecule has 0 heterocycles. The van der Waals surface area contributed by atoms with E-state index in [1.54, 1.807) is 11.8 Å². The van der Waals surface area contributed by atoms with Gasteiger partial charge in [0.05, 0.1) is 11.8 Å². The minimum atomic E-state index is -3.90. The summed E-state index contributed by atoms with van der Waals surface area (Å²) in [6, 6.07) is -0.446. The molecule has 7 heteroatoms. The summed E-state index contributed by atoms with van der Waals surface area (Å²) in [7, 11) is -3.90. The third-order valence-corrected chi connectivity index (χ3v) is 3.57. The lowest BCUT2D eigenvalue weighted by Gasteiger charge is -2.08. The van der Waals surface area contributed by atoms with Crippen molar-refractivity contribution in [2.45, 2.75) is 31.7 Å². The molecule has 0 bridgehead atoms. The summed E-state index contributed by atoms with van der Waals surface area (Å²) in [5.41, 5.74) is 5.64. The van der Waals surface area contributed by atoms with Crippen LogP contribution in [-0.2, 0) is 14.9 Å². The van der Waals surface area contributed by atoms with Gasteiger partial charge in [-0.15, -0.1) is 0 Å². The zero-order valence-corrected chi connectivity index (χ0v) is 11.0. The number of unbranched alkanes of at least 4 members (excludes halogenated alkanes) is 1. The minimum Gasteiger partial charge on any atom is -0.321 e. The maximum atomic E-state index is 11.4. The number of rotatable bonds is 9. The Kier molecular flexibility index (Phi) is 8.00. The van der Waals surface area contributed by atoms with Crippen molar-refractivity contribution in [3.8, 4) is 0 Å². The number of hydrogen-bond acceptors (Lipinski definition) is 5. The van der Waals surface area contributed by atoms with Crippen LogP contribution in [0, 0.1) is 0 Å². The third kappa shape index (κ3) is 9.14. The van der Waals surface area contributed by atoms with Crippen LogP contribution in [0.4, 0.5) is 0 Å². The van der Waals surface area contributed by atoms with Crippen molar-refractivity contribution in [1.82, 2.24) is 0 Å². The van der Waals surface area contributed by atoms with Crippen LogP contribution >= 0.6 is 11.8 Å². The van der Waals surface area contributed by atoms with Gasteiger partial charge >= 0.3 is 0 Å². The van der Waals surface area contributed by atoms with E-state index >= 15 is 0 Å². The number of nitrogens with two attached hydrogens (primary N) is 1. The van der Waals surface area contributed by atoms with E-state index in [1.807, 2.05) is 6.26 Å². The minimum absolute atomic E-state index is 0.0376. The largest absolute Gasteiger partial charge is 0.321 e. The quantitative estimate of drug-likeness (QED) is 0.472. The Morgan fingerprint density at radius 3 is 2.56 bits per heavy atom. The molecule has 0 aromatic carbocycles. The highest BCUT2D eigenvalue weighted by Gasteiger charge is 2.13. The van der Waals surface area contributed by atoms with Crippen LogP contribution in [0.2, 0.25) is 0 Å². The van der Waals surface area contributed by atoms with E-state index in [9.17, 15) is 13.2 Å². The van der Waals surface area contributed by atoms with Crippen molar-refractivity contribution in [3.05, 3.63) is 0 Å². The molecule has 16 heavy (non-hydrogen) atoms. The number of hydrogen-bond donors (Lipinski definition) is 2. The molecule has 5 nitrogen and oxygen atoms in total. The zero-order valence-electron chi connectivity index (χ0n) is 9.39. The van der Waals surface area contributed by atoms with Crippen LogP contribution < -0.4 is 5.73 Å². The zero-order chi connectivity index (χ0) is 12.6. The summed E-state index contributed by atoms with van der Waals surface area (Å²) in [5, 5.41) is 0. The van der Waals surface area contributed by atoms with Gasteiger partial charge in [0.1, 0.15) is 5.78 Å². The van der Waals surface area contributed by atoms with Crippen LogP contribution in [-0.4, -0.2) is 42.6 Å². The van der Waals surface area contributed by atoms with Crippen molar-refractivity contribution < 1.29 is 17.8 Å². The molecule has 0 saturated carbocycles. The first kappa shape index (κ1) is 15.9. The summed E-state index contributed by atoms with van der Waals surface area (Å²) in [5.74, 6) is 0.516. The molecule has 0 aliphatic carbocycles. The number of carbonyl (C=O) groups is 1. The van der Waals surface area contributed by atoms with Gasteiger partial charge in [0.15, 0.2) is 0 Å². The van der Waals surface area contributed by atoms with Crippen molar-refractivity contribution in [2.75, 3.05) is 17.8 Å². The molecule has 1 atom stereocenters. The van der Waals surface area contributed by atoms with E-state index < -0.39 is 16.2 Å². The summed E-state index contributed by atoms with van der Waals surface area (Å²) >= 11 is 1.63. The summed E-state index contributed by atoms with van der Waals surface area (Å²) in [4.78, 5) is 11.4. The highest BCUT2D eigenvalue weighted by atomic mass is 32.2. The lowest BCUT2D eigenvalue weighted by Crippen LogP contribution is -2.30. The second kappa shape index (κ2) is 8.05. The number of thioether (sulfide) groups is 1. The molecule has 0 amide bonds. The van der Waals surface area contributed by atoms with Crippen LogP contribution in [0.1, 0.15) is 25.7 Å². The van der Waals surface area contributed by atoms with E-state index in [4.69, 9.17) is 10.3 Å². The summed E-state index contributed by atoms with van der Waals surface area (Å²) in [6.07, 6.45) is 3.62. The molecule has 3 N–H and O–H groups in total. The highest BCUT2D eigenvalue weighted by Crippen LogP contribution is 2.05. The van der Waals surface area contributed by atoms with Crippen molar-refractivity contribution in [1.29, 1.82) is 0 Å². The van der Waals surface area contributed by atoms with E-state index in [-0.39, 0.29) is 18.0 Å². The van der Waals surface area contributed by atoms with Gasteiger partial charge in [-0.1, -0.05) is 0 Å². The lowest BCUT2D eigenvalue weighted by atomic mass is 10.1. The molecule has 0 rings (SSSR count). The SMILES string of the molecule is CSCC[C@H](N)C(=O)CCCCS(=O)(=O)O. The smallest absolute Gasteiger partial charge is 0.264 e. The second-order valence-electron chi connectivity index (χ2n) is 3.60.